The van der Waals surface area contributed by atoms with E-state index >= 15 is 0 Å². The van der Waals surface area contributed by atoms with Gasteiger partial charge in [0, 0.05) is 10.1 Å². The van der Waals surface area contributed by atoms with Crippen LogP contribution in [0, 0.1) is 0 Å². The van der Waals surface area contributed by atoms with Gasteiger partial charge in [-0.2, -0.15) is 0 Å². The van der Waals surface area contributed by atoms with E-state index in [1.807, 2.05) is 11.8 Å². The molecule has 0 radical (unpaired) electrons. The Morgan fingerprint density at radius 1 is 1.12 bits per heavy atom. The van der Waals surface area contributed by atoms with Crippen LogP contribution in [0.4, 0.5) is 0 Å². The van der Waals surface area contributed by atoms with Crippen molar-refractivity contribution >= 4 is 30.0 Å². The Balaban J connectivity index is 0.000000750. The van der Waals surface area contributed by atoms with Crippen LogP contribution in [0.1, 0.15) is 12.5 Å². The van der Waals surface area contributed by atoms with Crippen LogP contribution in [-0.2, 0) is 25.8 Å². The van der Waals surface area contributed by atoms with Crippen LogP contribution in [0.5, 0.6) is 0 Å². The van der Waals surface area contributed by atoms with E-state index in [0.717, 1.165) is 0 Å². The number of thioether (sulfide) groups is 1. The molecule has 0 saturated carbocycles. The summed E-state index contributed by atoms with van der Waals surface area (Å²) in [5.41, 5.74) is 1.42. The molecular formula is C12H10Cl2HfS. The summed E-state index contributed by atoms with van der Waals surface area (Å²) in [5, 5.41) is 3.42. The van der Waals surface area contributed by atoms with E-state index in [9.17, 15) is 0 Å². The molecule has 0 bridgehead atoms. The molecule has 1 aromatic rings. The third-order valence-electron chi connectivity index (χ3n) is 2.52. The zero-order valence-corrected chi connectivity index (χ0v) is 14.6. The SMILES string of the molecule is CC1C=c2ccc3c(c2S1)C=CC=3.[Cl-].[Cl-].[Hf+2]. The van der Waals surface area contributed by atoms with Crippen LogP contribution in [0.25, 0.3) is 18.2 Å². The summed E-state index contributed by atoms with van der Waals surface area (Å²) < 4.78 is 0. The summed E-state index contributed by atoms with van der Waals surface area (Å²) in [6.07, 6.45) is 8.87. The molecule has 0 aromatic heterocycles. The first-order valence-electron chi connectivity index (χ1n) is 4.54. The van der Waals surface area contributed by atoms with Crippen molar-refractivity contribution in [3.05, 3.63) is 34.2 Å². The Hall–Kier alpha value is 0.500. The number of allylic oxidation sites excluding steroid dienone is 1. The molecule has 0 saturated heterocycles. The standard InChI is InChI=1S/C12H10S.2ClH.Hf/c1-8-7-10-6-5-9-3-2-4-11(9)12(10)13-8;;;/h2-8H,1H3;2*1H;/q;;;+2/p-2. The molecule has 1 atom stereocenters. The number of halogens is 2. The van der Waals surface area contributed by atoms with Crippen LogP contribution < -0.4 is 35.3 Å². The van der Waals surface area contributed by atoms with Crippen molar-refractivity contribution in [2.24, 2.45) is 0 Å². The van der Waals surface area contributed by atoms with Crippen molar-refractivity contribution in [3.8, 4) is 0 Å². The molecule has 1 aliphatic carbocycles. The Labute approximate surface area is 131 Å². The van der Waals surface area contributed by atoms with Gasteiger partial charge in [0.2, 0.25) is 0 Å². The molecule has 0 N–H and O–H groups in total. The number of rotatable bonds is 0. The quantitative estimate of drug-likeness (QED) is 0.372. The number of benzene rings is 1. The molecule has 16 heavy (non-hydrogen) atoms. The molecule has 3 rings (SSSR count). The van der Waals surface area contributed by atoms with Crippen molar-refractivity contribution < 1.29 is 50.7 Å². The number of hydrogen-bond donors (Lipinski definition) is 0. The van der Waals surface area contributed by atoms with Gasteiger partial charge in [-0.25, -0.2) is 0 Å². The maximum Gasteiger partial charge on any atom is 2.00 e. The molecule has 1 unspecified atom stereocenters. The van der Waals surface area contributed by atoms with Crippen LogP contribution >= 0.6 is 11.8 Å². The largest absolute Gasteiger partial charge is 2.00 e. The second kappa shape index (κ2) is 6.44. The minimum Gasteiger partial charge on any atom is -1.00 e. The second-order valence-corrected chi connectivity index (χ2v) is 4.89. The van der Waals surface area contributed by atoms with Crippen LogP contribution in [-0.4, -0.2) is 5.25 Å². The van der Waals surface area contributed by atoms with E-state index in [4.69, 9.17) is 0 Å². The fourth-order valence-electron chi connectivity index (χ4n) is 1.93. The van der Waals surface area contributed by atoms with Gasteiger partial charge in [-0.1, -0.05) is 36.4 Å². The zero-order valence-electron chi connectivity index (χ0n) is 8.71. The molecule has 82 valence electrons. The van der Waals surface area contributed by atoms with Crippen LogP contribution in [0.15, 0.2) is 23.1 Å². The predicted octanol–water partition coefficient (Wildman–Crippen LogP) is -4.23. The Morgan fingerprint density at radius 3 is 2.56 bits per heavy atom. The Morgan fingerprint density at radius 2 is 1.81 bits per heavy atom. The van der Waals surface area contributed by atoms with Gasteiger partial charge in [-0.15, -0.1) is 11.8 Å². The first-order chi connectivity index (χ1) is 6.34. The molecule has 1 aliphatic heterocycles. The summed E-state index contributed by atoms with van der Waals surface area (Å²) in [6.45, 7) is 2.25. The van der Waals surface area contributed by atoms with E-state index in [0.29, 0.717) is 5.25 Å². The van der Waals surface area contributed by atoms with Gasteiger partial charge in [0.25, 0.3) is 0 Å². The Kier molecular flexibility index (Phi) is 6.64. The minimum atomic E-state index is 0. The van der Waals surface area contributed by atoms with Crippen molar-refractivity contribution in [3.63, 3.8) is 0 Å². The molecule has 0 fully saturated rings. The molecule has 4 heteroatoms. The molecule has 2 aliphatic rings. The summed E-state index contributed by atoms with van der Waals surface area (Å²) in [6, 6.07) is 4.44. The van der Waals surface area contributed by atoms with Crippen LogP contribution in [0.3, 0.4) is 0 Å². The topological polar surface area (TPSA) is 0 Å². The maximum atomic E-state index is 2.34. The van der Waals surface area contributed by atoms with E-state index < -0.39 is 0 Å². The summed E-state index contributed by atoms with van der Waals surface area (Å²) in [4.78, 5) is 1.47. The maximum absolute atomic E-state index is 2.34. The van der Waals surface area contributed by atoms with Gasteiger partial charge in [0.05, 0.1) is 0 Å². The van der Waals surface area contributed by atoms with Gasteiger partial charge in [-0.05, 0) is 22.9 Å². The van der Waals surface area contributed by atoms with Gasteiger partial charge in [-0.3, -0.25) is 0 Å². The summed E-state index contributed by atoms with van der Waals surface area (Å²) in [7, 11) is 0. The number of hydrogen-bond acceptors (Lipinski definition) is 1. The van der Waals surface area contributed by atoms with Crippen molar-refractivity contribution in [2.75, 3.05) is 0 Å². The van der Waals surface area contributed by atoms with Crippen molar-refractivity contribution in [2.45, 2.75) is 17.1 Å². The normalized spacial score (nSPS) is 17.9. The summed E-state index contributed by atoms with van der Waals surface area (Å²) in [5.74, 6) is 0. The molecule has 0 amide bonds. The van der Waals surface area contributed by atoms with Gasteiger partial charge in [0.1, 0.15) is 0 Å². The van der Waals surface area contributed by atoms with E-state index in [2.05, 4.69) is 43.4 Å². The van der Waals surface area contributed by atoms with Gasteiger partial charge < -0.3 is 24.8 Å². The fourth-order valence-corrected chi connectivity index (χ4v) is 3.10. The monoisotopic (exact) mass is 436 g/mol. The zero-order chi connectivity index (χ0) is 8.84. The Bertz CT molecular complexity index is 523. The molecule has 0 nitrogen and oxygen atoms in total. The van der Waals surface area contributed by atoms with E-state index in [1.165, 1.54) is 20.9 Å². The first-order valence-corrected chi connectivity index (χ1v) is 5.42. The summed E-state index contributed by atoms with van der Waals surface area (Å²) >= 11 is 1.97. The first kappa shape index (κ1) is 16.5. The smallest absolute Gasteiger partial charge is 1.00 e. The van der Waals surface area contributed by atoms with Crippen molar-refractivity contribution in [1.29, 1.82) is 0 Å². The average molecular weight is 436 g/mol. The van der Waals surface area contributed by atoms with Gasteiger partial charge in [0.15, 0.2) is 0 Å². The molecular weight excluding hydrogens is 426 g/mol. The van der Waals surface area contributed by atoms with E-state index in [1.54, 1.807) is 0 Å². The average Bonchev–Trinajstić information content (AvgIpc) is 2.65. The number of fused-ring (bicyclic) bond motifs is 3. The van der Waals surface area contributed by atoms with Gasteiger partial charge >= 0.3 is 25.8 Å². The predicted molar refractivity (Wildman–Crippen MR) is 59.0 cm³/mol. The minimum absolute atomic E-state index is 0. The van der Waals surface area contributed by atoms with E-state index in [-0.39, 0.29) is 50.7 Å². The molecule has 1 heterocycles. The van der Waals surface area contributed by atoms with Crippen LogP contribution in [0.2, 0.25) is 0 Å². The third-order valence-corrected chi connectivity index (χ3v) is 3.72. The molecule has 1 aromatic carbocycles. The van der Waals surface area contributed by atoms with Crippen molar-refractivity contribution in [1.82, 2.24) is 0 Å². The fraction of sp³-hybridized carbons (Fsp3) is 0.167. The third kappa shape index (κ3) is 2.66. The molecule has 0 spiro atoms. The second-order valence-electron chi connectivity index (χ2n) is 3.50.